The number of carbonyl (C=O) groups is 1. The van der Waals surface area contributed by atoms with E-state index in [-0.39, 0.29) is 5.78 Å². The van der Waals surface area contributed by atoms with Crippen molar-refractivity contribution in [2.45, 2.75) is 0 Å². The molecule has 0 aliphatic heterocycles. The highest BCUT2D eigenvalue weighted by Crippen LogP contribution is 2.23. The molecule has 0 aromatic heterocycles. The van der Waals surface area contributed by atoms with Gasteiger partial charge in [0.2, 0.25) is 0 Å². The molecule has 3 aromatic carbocycles. The van der Waals surface area contributed by atoms with Gasteiger partial charge in [-0.3, -0.25) is 4.79 Å². The van der Waals surface area contributed by atoms with Gasteiger partial charge in [0.15, 0.2) is 5.78 Å². The van der Waals surface area contributed by atoms with Crippen LogP contribution < -0.4 is 0 Å². The van der Waals surface area contributed by atoms with E-state index in [1.165, 1.54) is 0 Å². The third-order valence-corrected chi connectivity index (χ3v) is 3.81. The minimum Gasteiger partial charge on any atom is -0.289 e. The Kier molecular flexibility index (Phi) is 3.60. The second kappa shape index (κ2) is 5.39. The normalized spacial score (nSPS) is 10.7. The minimum atomic E-state index is -0.0287. The molecule has 0 atom stereocenters. The van der Waals surface area contributed by atoms with E-state index in [2.05, 4.69) is 15.9 Å². The van der Waals surface area contributed by atoms with Gasteiger partial charge >= 0.3 is 0 Å². The Bertz CT molecular complexity index is 791. The lowest BCUT2D eigenvalue weighted by atomic mass is 10.00. The Morgan fingerprint density at radius 2 is 1.60 bits per heavy atom. The van der Waals surface area contributed by atoms with Crippen LogP contribution in [0.15, 0.2) is 65.1 Å². The molecule has 3 aromatic rings. The smallest absolute Gasteiger partial charge is 0.193 e. The maximum atomic E-state index is 12.5. The van der Waals surface area contributed by atoms with Crippen molar-refractivity contribution in [3.63, 3.8) is 0 Å². The number of rotatable bonds is 2. The molecule has 0 saturated heterocycles. The number of hydrogen-bond donors (Lipinski definition) is 0. The molecule has 0 aliphatic carbocycles. The molecule has 3 heteroatoms. The summed E-state index contributed by atoms with van der Waals surface area (Å²) in [6.45, 7) is 0. The fourth-order valence-electron chi connectivity index (χ4n) is 2.18. The Labute approximate surface area is 130 Å². The van der Waals surface area contributed by atoms with Crippen LogP contribution in [-0.2, 0) is 0 Å². The summed E-state index contributed by atoms with van der Waals surface area (Å²) in [4.78, 5) is 12.5. The average Bonchev–Trinajstić information content (AvgIpc) is 2.45. The summed E-state index contributed by atoms with van der Waals surface area (Å²) in [5, 5.41) is 2.72. The summed E-state index contributed by atoms with van der Waals surface area (Å²) in [7, 11) is 0. The van der Waals surface area contributed by atoms with E-state index in [0.717, 1.165) is 15.2 Å². The van der Waals surface area contributed by atoms with Crippen molar-refractivity contribution in [3.8, 4) is 0 Å². The van der Waals surface area contributed by atoms with Gasteiger partial charge in [-0.25, -0.2) is 0 Å². The van der Waals surface area contributed by atoms with Crippen molar-refractivity contribution in [2.24, 2.45) is 0 Å². The highest BCUT2D eigenvalue weighted by atomic mass is 79.9. The molecule has 0 heterocycles. The van der Waals surface area contributed by atoms with Crippen LogP contribution in [0.1, 0.15) is 15.9 Å². The molecular formula is C17H10BrClO. The maximum Gasteiger partial charge on any atom is 0.193 e. The predicted molar refractivity (Wildman–Crippen MR) is 86.5 cm³/mol. The summed E-state index contributed by atoms with van der Waals surface area (Å²) in [6, 6.07) is 18.9. The largest absolute Gasteiger partial charge is 0.289 e. The zero-order valence-corrected chi connectivity index (χ0v) is 12.8. The van der Waals surface area contributed by atoms with Crippen molar-refractivity contribution >= 4 is 44.1 Å². The van der Waals surface area contributed by atoms with Crippen LogP contribution in [0.2, 0.25) is 5.02 Å². The molecule has 20 heavy (non-hydrogen) atoms. The second-order valence-electron chi connectivity index (χ2n) is 4.55. The summed E-state index contributed by atoms with van der Waals surface area (Å²) < 4.78 is 0.800. The molecule has 0 bridgehead atoms. The van der Waals surface area contributed by atoms with E-state index in [1.807, 2.05) is 42.5 Å². The molecule has 0 saturated carbocycles. The van der Waals surface area contributed by atoms with Crippen molar-refractivity contribution < 1.29 is 4.79 Å². The molecular weight excluding hydrogens is 336 g/mol. The number of hydrogen-bond acceptors (Lipinski definition) is 1. The van der Waals surface area contributed by atoms with Crippen molar-refractivity contribution in [3.05, 3.63) is 81.3 Å². The molecule has 0 unspecified atom stereocenters. The van der Waals surface area contributed by atoms with Crippen molar-refractivity contribution in [2.75, 3.05) is 0 Å². The van der Waals surface area contributed by atoms with Gasteiger partial charge in [0.05, 0.1) is 0 Å². The van der Waals surface area contributed by atoms with E-state index in [4.69, 9.17) is 11.6 Å². The lowest BCUT2D eigenvalue weighted by molar-refractivity contribution is 0.103. The van der Waals surface area contributed by atoms with Crippen LogP contribution in [0.5, 0.6) is 0 Å². The highest BCUT2D eigenvalue weighted by Gasteiger charge is 2.11. The third kappa shape index (κ3) is 2.62. The Balaban J connectivity index is 2.07. The lowest BCUT2D eigenvalue weighted by Gasteiger charge is -2.05. The van der Waals surface area contributed by atoms with Gasteiger partial charge < -0.3 is 0 Å². The lowest BCUT2D eigenvalue weighted by Crippen LogP contribution is -2.01. The molecule has 0 aliphatic rings. The SMILES string of the molecule is O=C(c1cc(Cl)cc(Br)c1)c1ccc2ccccc2c1. The first kappa shape index (κ1) is 13.3. The minimum absolute atomic E-state index is 0.0287. The van der Waals surface area contributed by atoms with Gasteiger partial charge in [-0.15, -0.1) is 0 Å². The number of carbonyl (C=O) groups excluding carboxylic acids is 1. The second-order valence-corrected chi connectivity index (χ2v) is 5.90. The molecule has 0 fully saturated rings. The Morgan fingerprint density at radius 3 is 2.35 bits per heavy atom. The first-order valence-electron chi connectivity index (χ1n) is 6.13. The number of benzene rings is 3. The quantitative estimate of drug-likeness (QED) is 0.562. The van der Waals surface area contributed by atoms with Gasteiger partial charge in [0.1, 0.15) is 0 Å². The van der Waals surface area contributed by atoms with Gasteiger partial charge in [-0.2, -0.15) is 0 Å². The zero-order valence-electron chi connectivity index (χ0n) is 10.4. The number of ketones is 1. The van der Waals surface area contributed by atoms with Crippen LogP contribution in [0.25, 0.3) is 10.8 Å². The van der Waals surface area contributed by atoms with Crippen LogP contribution in [0.4, 0.5) is 0 Å². The monoisotopic (exact) mass is 344 g/mol. The Morgan fingerprint density at radius 1 is 0.850 bits per heavy atom. The van der Waals surface area contributed by atoms with E-state index in [0.29, 0.717) is 16.1 Å². The fraction of sp³-hybridized carbons (Fsp3) is 0. The Hall–Kier alpha value is -1.64. The average molecular weight is 346 g/mol. The third-order valence-electron chi connectivity index (χ3n) is 3.14. The topological polar surface area (TPSA) is 17.1 Å². The van der Waals surface area contributed by atoms with Gasteiger partial charge in [0, 0.05) is 20.6 Å². The van der Waals surface area contributed by atoms with Gasteiger partial charge in [0.25, 0.3) is 0 Å². The van der Waals surface area contributed by atoms with E-state index in [9.17, 15) is 4.79 Å². The molecule has 3 rings (SSSR count). The molecule has 98 valence electrons. The standard InChI is InChI=1S/C17H10BrClO/c18-15-8-14(9-16(19)10-15)17(20)13-6-5-11-3-1-2-4-12(11)7-13/h1-10H. The van der Waals surface area contributed by atoms with Gasteiger partial charge in [-0.1, -0.05) is 63.9 Å². The van der Waals surface area contributed by atoms with Crippen molar-refractivity contribution in [1.29, 1.82) is 0 Å². The fourth-order valence-corrected chi connectivity index (χ4v) is 3.04. The predicted octanol–water partition coefficient (Wildman–Crippen LogP) is 5.49. The van der Waals surface area contributed by atoms with Crippen LogP contribution >= 0.6 is 27.5 Å². The summed E-state index contributed by atoms with van der Waals surface area (Å²) in [5.74, 6) is -0.0287. The first-order chi connectivity index (χ1) is 9.63. The summed E-state index contributed by atoms with van der Waals surface area (Å²) in [6.07, 6.45) is 0. The van der Waals surface area contributed by atoms with Crippen molar-refractivity contribution in [1.82, 2.24) is 0 Å². The van der Waals surface area contributed by atoms with Gasteiger partial charge in [-0.05, 0) is 35.0 Å². The highest BCUT2D eigenvalue weighted by molar-refractivity contribution is 9.10. The summed E-state index contributed by atoms with van der Waals surface area (Å²) in [5.41, 5.74) is 1.25. The summed E-state index contributed by atoms with van der Waals surface area (Å²) >= 11 is 9.35. The van der Waals surface area contributed by atoms with Crippen LogP contribution in [0, 0.1) is 0 Å². The van der Waals surface area contributed by atoms with E-state index in [1.54, 1.807) is 18.2 Å². The molecule has 0 radical (unpaired) electrons. The number of halogens is 2. The maximum absolute atomic E-state index is 12.5. The van der Waals surface area contributed by atoms with Crippen LogP contribution in [0.3, 0.4) is 0 Å². The van der Waals surface area contributed by atoms with E-state index < -0.39 is 0 Å². The van der Waals surface area contributed by atoms with Crippen LogP contribution in [-0.4, -0.2) is 5.78 Å². The molecule has 1 nitrogen and oxygen atoms in total. The van der Waals surface area contributed by atoms with E-state index >= 15 is 0 Å². The zero-order chi connectivity index (χ0) is 14.1. The first-order valence-corrected chi connectivity index (χ1v) is 7.30. The molecule has 0 amide bonds. The molecule has 0 spiro atoms. The molecule has 0 N–H and O–H groups in total. The number of fused-ring (bicyclic) bond motifs is 1.